The van der Waals surface area contributed by atoms with Crippen molar-refractivity contribution < 1.29 is 62.4 Å². The first-order valence-electron chi connectivity index (χ1n) is 9.78. The van der Waals surface area contributed by atoms with E-state index in [1.165, 1.54) is 11.3 Å². The molecule has 0 bridgehead atoms. The molecule has 3 heterocycles. The fourth-order valence-corrected chi connectivity index (χ4v) is 5.99. The topological polar surface area (TPSA) is 78.4 Å². The van der Waals surface area contributed by atoms with Crippen molar-refractivity contribution in [2.45, 2.75) is 12.8 Å². The van der Waals surface area contributed by atoms with Gasteiger partial charge < -0.3 is 0 Å². The molecule has 1 aliphatic heterocycles. The molecule has 0 saturated carbocycles. The Kier molecular flexibility index (Phi) is 7.48. The van der Waals surface area contributed by atoms with Gasteiger partial charge >= 0.3 is 155 Å². The fraction of sp³-hybridized carbons (Fsp3) is 0.300. The van der Waals surface area contributed by atoms with Gasteiger partial charge in [0.2, 0.25) is 0 Å². The van der Waals surface area contributed by atoms with Gasteiger partial charge in [-0.1, -0.05) is 6.07 Å². The number of carbonyl (C=O) groups is 2. The number of hydrogen-bond acceptors (Lipinski definition) is 6. The van der Waals surface area contributed by atoms with Crippen LogP contribution in [0.25, 0.3) is 21.3 Å². The number of carbonyl (C=O) groups excluding carboxylic acids is 2. The molecule has 1 saturated heterocycles. The third-order valence-corrected chi connectivity index (χ3v) is 7.88. The molecule has 0 aliphatic carbocycles. The van der Waals surface area contributed by atoms with Gasteiger partial charge in [0.25, 0.3) is 0 Å². The summed E-state index contributed by atoms with van der Waals surface area (Å²) in [6.45, 7) is 1.92. The van der Waals surface area contributed by atoms with E-state index >= 15 is 0 Å². The van der Waals surface area contributed by atoms with Crippen molar-refractivity contribution in [3.05, 3.63) is 42.7 Å². The average Bonchev–Trinajstić information content (AvgIpc) is 3.15. The molecule has 3 aromatic rings. The van der Waals surface area contributed by atoms with Crippen LogP contribution in [0.1, 0.15) is 12.8 Å². The molecule has 1 fully saturated rings. The summed E-state index contributed by atoms with van der Waals surface area (Å²) >= 11 is 2.59. The van der Waals surface area contributed by atoms with E-state index in [9.17, 15) is 9.59 Å². The van der Waals surface area contributed by atoms with Crippen molar-refractivity contribution in [3.8, 4) is 11.1 Å². The molecule has 1 aliphatic rings. The number of piperidine rings is 1. The zero-order chi connectivity index (χ0) is 21.1. The van der Waals surface area contributed by atoms with Crippen molar-refractivity contribution >= 4 is 38.5 Å². The molecule has 4 rings (SSSR count). The second-order valence-corrected chi connectivity index (χ2v) is 28.9. The first-order valence-corrected chi connectivity index (χ1v) is 15.5. The number of pyridine rings is 1. The van der Waals surface area contributed by atoms with Gasteiger partial charge in [-0.3, -0.25) is 4.98 Å². The summed E-state index contributed by atoms with van der Waals surface area (Å²) in [5, 5.41) is 3.63. The van der Waals surface area contributed by atoms with E-state index in [-0.39, 0.29) is 17.7 Å². The number of hydrogen-bond donors (Lipinski definition) is 1. The summed E-state index contributed by atoms with van der Waals surface area (Å²) in [4.78, 5) is 35.5. The third kappa shape index (κ3) is 5.44. The van der Waals surface area contributed by atoms with Gasteiger partial charge in [0.05, 0.1) is 0 Å². The van der Waals surface area contributed by atoms with Crippen molar-refractivity contribution in [2.24, 2.45) is 5.92 Å². The summed E-state index contributed by atoms with van der Waals surface area (Å²) < 4.78 is 3.30. The zero-order valence-electron chi connectivity index (χ0n) is 16.6. The molecule has 1 aromatic carbocycles. The van der Waals surface area contributed by atoms with Gasteiger partial charge in [-0.05, 0) is 35.4 Å². The van der Waals surface area contributed by atoms with E-state index in [2.05, 4.69) is 21.8 Å². The predicted molar refractivity (Wildman–Crippen MR) is 107 cm³/mol. The molecule has 146 valence electrons. The van der Waals surface area contributed by atoms with Gasteiger partial charge in [-0.15, -0.1) is 0 Å². The van der Waals surface area contributed by atoms with E-state index in [4.69, 9.17) is 0 Å². The molecule has 30 heavy (non-hydrogen) atoms. The number of anilines is 1. The summed E-state index contributed by atoms with van der Waals surface area (Å²) in [6, 6.07) is 10.1. The number of nitrogens with zero attached hydrogens (tertiary/aromatic N) is 4. The number of nitrogens with one attached hydrogen (secondary N) is 1. The summed E-state index contributed by atoms with van der Waals surface area (Å²) in [5.74, 6) is 0.160. The Morgan fingerprint density at radius 3 is 2.57 bits per heavy atom. The molecule has 0 spiro atoms. The van der Waals surface area contributed by atoms with Crippen LogP contribution in [-0.4, -0.2) is 46.7 Å². The third-order valence-electron chi connectivity index (χ3n) is 5.21. The van der Waals surface area contributed by atoms with E-state index < -0.39 is 0 Å². The second kappa shape index (κ2) is 10.1. The van der Waals surface area contributed by atoms with Crippen molar-refractivity contribution in [1.82, 2.24) is 15.3 Å². The van der Waals surface area contributed by atoms with Crippen LogP contribution in [0.5, 0.6) is 0 Å². The minimum atomic E-state index is -0.0657. The van der Waals surface area contributed by atoms with E-state index in [1.54, 1.807) is 12.4 Å². The number of likely N-dealkylation sites (tertiary alicyclic amines) is 1. The fourth-order valence-electron chi connectivity index (χ4n) is 3.59. The molecular formula is C20H19Hg2N5O2S. The maximum atomic E-state index is 12.7. The van der Waals surface area contributed by atoms with Gasteiger partial charge in [0, 0.05) is 12.4 Å². The molecule has 0 atom stereocenters. The van der Waals surface area contributed by atoms with Gasteiger partial charge in [-0.25, -0.2) is 0 Å². The van der Waals surface area contributed by atoms with Crippen LogP contribution in [0.2, 0.25) is 0 Å². The Hall–Kier alpha value is -0.970. The van der Waals surface area contributed by atoms with Crippen molar-refractivity contribution in [3.63, 3.8) is 0 Å². The van der Waals surface area contributed by atoms with Crippen LogP contribution in [-0.2, 0) is 62.4 Å². The Bertz CT molecular complexity index is 1050. The Balaban J connectivity index is 1.38. The first-order chi connectivity index (χ1) is 14.5. The molecule has 2 amide bonds. The Morgan fingerprint density at radius 2 is 1.87 bits per heavy atom. The van der Waals surface area contributed by atoms with Crippen LogP contribution < -0.4 is 5.32 Å². The normalized spacial score (nSPS) is 15.0. The van der Waals surface area contributed by atoms with Crippen LogP contribution in [0, 0.1) is 5.92 Å². The van der Waals surface area contributed by atoms with Gasteiger partial charge in [0.15, 0.2) is 0 Å². The number of amides is 2. The number of thiazole rings is 1. The standard InChI is InChI=1S/C20H19N5O2S.2Hg/c21-12-18(26)25-9-5-14(6-10-25)19(27)24-20-23-16-2-1-15(11-17(16)28-20)13-3-7-22-8-4-13;;/h1-4,7-8,11,14H,5-6,9-10,12H2,(H,23,24,27);;. The Labute approximate surface area is 212 Å². The number of rotatable bonds is 5. The van der Waals surface area contributed by atoms with E-state index in [0.717, 1.165) is 21.3 Å². The molecule has 10 heteroatoms. The van der Waals surface area contributed by atoms with E-state index in [1.807, 2.05) is 29.2 Å². The number of fused-ring (bicyclic) bond motifs is 1. The van der Waals surface area contributed by atoms with Crippen LogP contribution in [0.3, 0.4) is 0 Å². The average molecular weight is 795 g/mol. The van der Waals surface area contributed by atoms with Crippen LogP contribution >= 0.6 is 11.3 Å². The van der Waals surface area contributed by atoms with E-state index in [0.29, 0.717) is 90.5 Å². The maximum absolute atomic E-state index is 12.7. The molecular weight excluding hydrogens is 776 g/mol. The summed E-state index contributed by atoms with van der Waals surface area (Å²) in [6.07, 6.45) is 4.99. The van der Waals surface area contributed by atoms with Crippen molar-refractivity contribution in [1.29, 1.82) is 0 Å². The Morgan fingerprint density at radius 1 is 1.13 bits per heavy atom. The molecule has 1 N–H and O–H groups in total. The second-order valence-electron chi connectivity index (χ2n) is 7.41. The van der Waals surface area contributed by atoms with Crippen molar-refractivity contribution in [2.75, 3.05) is 25.0 Å². The summed E-state index contributed by atoms with van der Waals surface area (Å²) in [5.41, 5.74) is 3.09. The monoisotopic (exact) mass is 797 g/mol. The molecule has 0 unspecified atom stereocenters. The molecule has 0 radical (unpaired) electrons. The van der Waals surface area contributed by atoms with Gasteiger partial charge in [0.1, 0.15) is 0 Å². The minimum absolute atomic E-state index is 0.00821. The molecule has 2 aromatic heterocycles. The van der Waals surface area contributed by atoms with Crippen LogP contribution in [0.4, 0.5) is 5.13 Å². The number of benzene rings is 1. The SMILES string of the molecule is O=C(Nc1nc2ccc(-c3ccncc3)cc2s1)C1CCN(C(=O)C[N]([Hg])[Hg])CC1. The van der Waals surface area contributed by atoms with Gasteiger partial charge in [-0.2, -0.15) is 0 Å². The predicted octanol–water partition coefficient (Wildman–Crippen LogP) is 2.76. The zero-order valence-corrected chi connectivity index (χ0v) is 28.4. The van der Waals surface area contributed by atoms with Crippen LogP contribution in [0.15, 0.2) is 42.7 Å². The molecule has 7 nitrogen and oxygen atoms in total. The number of aromatic nitrogens is 2. The summed E-state index contributed by atoms with van der Waals surface area (Å²) in [7, 11) is 0. The quantitative estimate of drug-likeness (QED) is 0.403. The first kappa shape index (κ1) is 22.2.